The first-order chi connectivity index (χ1) is 9.02. The molecule has 0 amide bonds. The van der Waals surface area contributed by atoms with Crippen molar-refractivity contribution in [3.05, 3.63) is 28.2 Å². The Morgan fingerprint density at radius 2 is 2.05 bits per heavy atom. The van der Waals surface area contributed by atoms with Gasteiger partial charge in [0.05, 0.1) is 12.7 Å². The first-order valence-corrected chi connectivity index (χ1v) is 7.55. The summed E-state index contributed by atoms with van der Waals surface area (Å²) < 4.78 is 6.44. The van der Waals surface area contributed by atoms with Crippen molar-refractivity contribution in [2.75, 3.05) is 20.7 Å². The number of likely N-dealkylation sites (N-methyl/N-ethyl adjacent to an activating group) is 1. The van der Waals surface area contributed by atoms with Crippen LogP contribution in [0.3, 0.4) is 0 Å². The fourth-order valence-electron chi connectivity index (χ4n) is 2.91. The smallest absolute Gasteiger partial charge is 0.123 e. The molecule has 0 bridgehead atoms. The molecule has 1 aromatic rings. The quantitative estimate of drug-likeness (QED) is 0.901. The van der Waals surface area contributed by atoms with E-state index in [4.69, 9.17) is 4.74 Å². The van der Waals surface area contributed by atoms with E-state index in [1.54, 1.807) is 7.11 Å². The normalized spacial score (nSPS) is 17.9. The van der Waals surface area contributed by atoms with Crippen LogP contribution in [0.2, 0.25) is 0 Å². The van der Waals surface area contributed by atoms with E-state index >= 15 is 0 Å². The highest BCUT2D eigenvalue weighted by Crippen LogP contribution is 2.31. The molecule has 0 radical (unpaired) electrons. The van der Waals surface area contributed by atoms with Crippen LogP contribution in [-0.2, 0) is 6.54 Å². The highest BCUT2D eigenvalue weighted by molar-refractivity contribution is 9.10. The zero-order chi connectivity index (χ0) is 13.9. The molecule has 0 atom stereocenters. The molecular weight excluding hydrogens is 306 g/mol. The van der Waals surface area contributed by atoms with Crippen molar-refractivity contribution in [2.45, 2.75) is 37.8 Å². The predicted octanol–water partition coefficient (Wildman–Crippen LogP) is 3.19. The van der Waals surface area contributed by atoms with E-state index in [-0.39, 0.29) is 0 Å². The van der Waals surface area contributed by atoms with Crippen molar-refractivity contribution in [1.29, 1.82) is 0 Å². The van der Waals surface area contributed by atoms with Crippen molar-refractivity contribution < 1.29 is 9.84 Å². The molecule has 1 aliphatic carbocycles. The number of methoxy groups -OCH3 is 1. The Morgan fingerprint density at radius 1 is 1.37 bits per heavy atom. The molecule has 19 heavy (non-hydrogen) atoms. The second-order valence-electron chi connectivity index (χ2n) is 5.56. The van der Waals surface area contributed by atoms with Gasteiger partial charge in [0.1, 0.15) is 5.75 Å². The van der Waals surface area contributed by atoms with Gasteiger partial charge in [0.25, 0.3) is 0 Å². The number of hydrogen-bond acceptors (Lipinski definition) is 3. The van der Waals surface area contributed by atoms with Gasteiger partial charge in [-0.15, -0.1) is 0 Å². The molecule has 0 spiro atoms. The van der Waals surface area contributed by atoms with E-state index in [0.717, 1.165) is 54.6 Å². The van der Waals surface area contributed by atoms with Crippen LogP contribution in [-0.4, -0.2) is 36.3 Å². The number of hydrogen-bond donors (Lipinski definition) is 1. The second kappa shape index (κ2) is 6.25. The Balaban J connectivity index is 2.02. The van der Waals surface area contributed by atoms with Crippen molar-refractivity contribution in [2.24, 2.45) is 0 Å². The van der Waals surface area contributed by atoms with Gasteiger partial charge in [-0.05, 0) is 38.1 Å². The fraction of sp³-hybridized carbons (Fsp3) is 0.600. The van der Waals surface area contributed by atoms with Crippen molar-refractivity contribution >= 4 is 15.9 Å². The third-order valence-electron chi connectivity index (χ3n) is 3.78. The Hall–Kier alpha value is -0.580. The van der Waals surface area contributed by atoms with Gasteiger partial charge in [0.15, 0.2) is 0 Å². The first kappa shape index (κ1) is 14.8. The van der Waals surface area contributed by atoms with Crippen LogP contribution >= 0.6 is 15.9 Å². The summed E-state index contributed by atoms with van der Waals surface area (Å²) in [6, 6.07) is 6.03. The van der Waals surface area contributed by atoms with Crippen molar-refractivity contribution in [3.8, 4) is 5.75 Å². The van der Waals surface area contributed by atoms with Crippen LogP contribution < -0.4 is 4.74 Å². The summed E-state index contributed by atoms with van der Waals surface area (Å²) in [7, 11) is 3.74. The van der Waals surface area contributed by atoms with E-state index in [1.807, 2.05) is 12.1 Å². The zero-order valence-electron chi connectivity index (χ0n) is 11.7. The van der Waals surface area contributed by atoms with Gasteiger partial charge in [-0.3, -0.25) is 4.90 Å². The lowest BCUT2D eigenvalue weighted by molar-refractivity contribution is 0.0144. The SMILES string of the molecule is COc1ccc(Br)cc1CN(C)CC1(O)CCCC1. The summed E-state index contributed by atoms with van der Waals surface area (Å²) in [5, 5.41) is 10.4. The molecule has 0 unspecified atom stereocenters. The first-order valence-electron chi connectivity index (χ1n) is 6.76. The summed E-state index contributed by atoms with van der Waals surface area (Å²) in [6.45, 7) is 1.51. The standard InChI is InChI=1S/C15H22BrNO2/c1-17(11-15(18)7-3-4-8-15)10-12-9-13(16)5-6-14(12)19-2/h5-6,9,18H,3-4,7-8,10-11H2,1-2H3. The molecule has 1 fully saturated rings. The maximum Gasteiger partial charge on any atom is 0.123 e. The number of halogens is 1. The lowest BCUT2D eigenvalue weighted by Gasteiger charge is -2.29. The van der Waals surface area contributed by atoms with Gasteiger partial charge in [-0.1, -0.05) is 28.8 Å². The maximum absolute atomic E-state index is 10.4. The number of aliphatic hydroxyl groups is 1. The molecule has 3 nitrogen and oxygen atoms in total. The average Bonchev–Trinajstić information content (AvgIpc) is 2.75. The van der Waals surface area contributed by atoms with E-state index in [9.17, 15) is 5.11 Å². The van der Waals surface area contributed by atoms with Crippen molar-refractivity contribution in [3.63, 3.8) is 0 Å². The molecule has 1 saturated carbocycles. The predicted molar refractivity (Wildman–Crippen MR) is 80.4 cm³/mol. The second-order valence-corrected chi connectivity index (χ2v) is 6.48. The Morgan fingerprint density at radius 3 is 2.68 bits per heavy atom. The molecular formula is C15H22BrNO2. The van der Waals surface area contributed by atoms with Crippen LogP contribution in [0.5, 0.6) is 5.75 Å². The fourth-order valence-corrected chi connectivity index (χ4v) is 3.32. The van der Waals surface area contributed by atoms with Crippen LogP contribution in [0.4, 0.5) is 0 Å². The van der Waals surface area contributed by atoms with Gasteiger partial charge < -0.3 is 9.84 Å². The molecule has 1 aliphatic rings. The molecule has 0 aliphatic heterocycles. The van der Waals surface area contributed by atoms with Crippen LogP contribution in [0.15, 0.2) is 22.7 Å². The zero-order valence-corrected chi connectivity index (χ0v) is 13.2. The van der Waals surface area contributed by atoms with Crippen LogP contribution in [0, 0.1) is 0 Å². The Kier molecular flexibility index (Phi) is 4.87. The third kappa shape index (κ3) is 3.94. The average molecular weight is 328 g/mol. The minimum atomic E-state index is -0.492. The largest absolute Gasteiger partial charge is 0.496 e. The lowest BCUT2D eigenvalue weighted by Crippen LogP contribution is -2.38. The number of ether oxygens (including phenoxy) is 1. The minimum Gasteiger partial charge on any atom is -0.496 e. The van der Waals surface area contributed by atoms with Crippen LogP contribution in [0.25, 0.3) is 0 Å². The minimum absolute atomic E-state index is 0.492. The van der Waals surface area contributed by atoms with E-state index in [1.165, 1.54) is 0 Å². The van der Waals surface area contributed by atoms with Gasteiger partial charge in [0.2, 0.25) is 0 Å². The molecule has 4 heteroatoms. The molecule has 0 aromatic heterocycles. The van der Waals surface area contributed by atoms with Gasteiger partial charge in [0, 0.05) is 23.1 Å². The number of rotatable bonds is 5. The highest BCUT2D eigenvalue weighted by Gasteiger charge is 2.32. The summed E-state index contributed by atoms with van der Waals surface area (Å²) in [4.78, 5) is 2.18. The van der Waals surface area contributed by atoms with E-state index in [2.05, 4.69) is 33.9 Å². The maximum atomic E-state index is 10.4. The summed E-state index contributed by atoms with van der Waals surface area (Å²) in [5.41, 5.74) is 0.648. The summed E-state index contributed by atoms with van der Waals surface area (Å²) in [5.74, 6) is 0.897. The van der Waals surface area contributed by atoms with Crippen LogP contribution in [0.1, 0.15) is 31.2 Å². The highest BCUT2D eigenvalue weighted by atomic mass is 79.9. The van der Waals surface area contributed by atoms with Gasteiger partial charge in [-0.25, -0.2) is 0 Å². The summed E-state index contributed by atoms with van der Waals surface area (Å²) in [6.07, 6.45) is 4.13. The van der Waals surface area contributed by atoms with Gasteiger partial charge >= 0.3 is 0 Å². The summed E-state index contributed by atoms with van der Waals surface area (Å²) >= 11 is 3.49. The third-order valence-corrected chi connectivity index (χ3v) is 4.27. The lowest BCUT2D eigenvalue weighted by atomic mass is 10.0. The van der Waals surface area contributed by atoms with E-state index < -0.39 is 5.60 Å². The van der Waals surface area contributed by atoms with E-state index in [0.29, 0.717) is 0 Å². The Labute approximate surface area is 123 Å². The molecule has 0 saturated heterocycles. The number of benzene rings is 1. The Bertz CT molecular complexity index is 430. The molecule has 1 aromatic carbocycles. The van der Waals surface area contributed by atoms with Gasteiger partial charge in [-0.2, -0.15) is 0 Å². The molecule has 2 rings (SSSR count). The number of nitrogens with zero attached hydrogens (tertiary/aromatic N) is 1. The topological polar surface area (TPSA) is 32.7 Å². The monoisotopic (exact) mass is 327 g/mol. The molecule has 106 valence electrons. The molecule has 1 N–H and O–H groups in total. The molecule has 0 heterocycles. The van der Waals surface area contributed by atoms with Crippen molar-refractivity contribution in [1.82, 2.24) is 4.90 Å².